The third-order valence-corrected chi connectivity index (χ3v) is 1.69. The lowest BCUT2D eigenvalue weighted by molar-refractivity contribution is -0.486. The van der Waals surface area contributed by atoms with Gasteiger partial charge in [0, 0.05) is 0 Å². The summed E-state index contributed by atoms with van der Waals surface area (Å²) in [7, 11) is 2.87. The van der Waals surface area contributed by atoms with Crippen molar-refractivity contribution in [3.8, 4) is 0 Å². The molecule has 1 aliphatic heterocycles. The first-order chi connectivity index (χ1) is 5.95. The van der Waals surface area contributed by atoms with Crippen LogP contribution in [0.4, 0.5) is 0 Å². The molecule has 0 N–H and O–H groups in total. The highest BCUT2D eigenvalue weighted by atomic mass is 16.6. The lowest BCUT2D eigenvalue weighted by Gasteiger charge is -2.02. The molecule has 0 aromatic heterocycles. The Labute approximate surface area is 73.3 Å². The fraction of sp³-hybridized carbons (Fsp3) is 0.600. The van der Waals surface area contributed by atoms with E-state index in [2.05, 4.69) is 0 Å². The van der Waals surface area contributed by atoms with Crippen molar-refractivity contribution in [3.63, 3.8) is 0 Å². The molecule has 0 unspecified atom stereocenters. The van der Waals surface area contributed by atoms with Crippen LogP contribution < -0.4 is 0 Å². The molecule has 1 aliphatic rings. The van der Waals surface area contributed by atoms with Crippen LogP contribution >= 0.6 is 0 Å². The Morgan fingerprint density at radius 3 is 1.62 bits per heavy atom. The van der Waals surface area contributed by atoms with Crippen molar-refractivity contribution in [1.82, 2.24) is 9.80 Å². The molecular formula is C5H8N4O4. The predicted octanol–water partition coefficient (Wildman–Crippen LogP) is -0.499. The summed E-state index contributed by atoms with van der Waals surface area (Å²) in [6, 6.07) is 0. The van der Waals surface area contributed by atoms with Gasteiger partial charge in [0.05, 0.1) is 14.1 Å². The number of rotatable bonds is 2. The summed E-state index contributed by atoms with van der Waals surface area (Å²) >= 11 is 0. The van der Waals surface area contributed by atoms with Gasteiger partial charge in [0.1, 0.15) is 0 Å². The van der Waals surface area contributed by atoms with Crippen LogP contribution in [0.1, 0.15) is 0 Å². The van der Waals surface area contributed by atoms with Crippen LogP contribution in [0.5, 0.6) is 0 Å². The fourth-order valence-corrected chi connectivity index (χ4v) is 1.24. The third-order valence-electron chi connectivity index (χ3n) is 1.69. The van der Waals surface area contributed by atoms with E-state index in [1.165, 1.54) is 23.9 Å². The minimum atomic E-state index is -0.748. The average Bonchev–Trinajstić information content (AvgIpc) is 2.24. The average molecular weight is 188 g/mol. The minimum Gasteiger partial charge on any atom is -0.358 e. The molecule has 8 heteroatoms. The predicted molar refractivity (Wildman–Crippen MR) is 41.4 cm³/mol. The number of nitrogens with zero attached hydrogens (tertiary/aromatic N) is 4. The van der Waals surface area contributed by atoms with E-state index in [4.69, 9.17) is 0 Å². The zero-order valence-corrected chi connectivity index (χ0v) is 7.13. The van der Waals surface area contributed by atoms with E-state index < -0.39 is 21.5 Å². The molecule has 0 aliphatic carbocycles. The molecule has 0 spiro atoms. The van der Waals surface area contributed by atoms with Crippen molar-refractivity contribution in [2.45, 2.75) is 0 Å². The molecule has 0 bridgehead atoms. The summed E-state index contributed by atoms with van der Waals surface area (Å²) in [5.41, 5.74) is 0. The maximum absolute atomic E-state index is 10.4. The van der Waals surface area contributed by atoms with Crippen LogP contribution in [-0.4, -0.2) is 40.4 Å². The molecule has 0 aromatic rings. The Morgan fingerprint density at radius 2 is 1.38 bits per heavy atom. The van der Waals surface area contributed by atoms with E-state index in [0.29, 0.717) is 0 Å². The third kappa shape index (κ3) is 1.37. The van der Waals surface area contributed by atoms with Crippen LogP contribution in [-0.2, 0) is 0 Å². The molecule has 0 amide bonds. The molecule has 13 heavy (non-hydrogen) atoms. The van der Waals surface area contributed by atoms with E-state index in [-0.39, 0.29) is 6.67 Å². The standard InChI is InChI=1S/C5H8N4O4/c1-6-3-7(2)5(9(12)13)4(6)8(10)11/h3H2,1-2H3. The fourth-order valence-electron chi connectivity index (χ4n) is 1.24. The molecular weight excluding hydrogens is 180 g/mol. The summed E-state index contributed by atoms with van der Waals surface area (Å²) in [5.74, 6) is -0.931. The van der Waals surface area contributed by atoms with Gasteiger partial charge in [0.2, 0.25) is 6.67 Å². The Kier molecular flexibility index (Phi) is 2.05. The van der Waals surface area contributed by atoms with E-state index in [1.54, 1.807) is 0 Å². The largest absolute Gasteiger partial charge is 0.415 e. The molecule has 0 aromatic carbocycles. The smallest absolute Gasteiger partial charge is 0.358 e. The van der Waals surface area contributed by atoms with Crippen molar-refractivity contribution in [1.29, 1.82) is 0 Å². The van der Waals surface area contributed by atoms with Gasteiger partial charge in [0.15, 0.2) is 0 Å². The van der Waals surface area contributed by atoms with Gasteiger partial charge in [0.25, 0.3) is 0 Å². The molecule has 72 valence electrons. The van der Waals surface area contributed by atoms with Gasteiger partial charge in [-0.25, -0.2) is 9.80 Å². The quantitative estimate of drug-likeness (QED) is 0.428. The second-order valence-corrected chi connectivity index (χ2v) is 2.70. The highest BCUT2D eigenvalue weighted by Crippen LogP contribution is 2.20. The summed E-state index contributed by atoms with van der Waals surface area (Å²) in [6.07, 6.45) is 0. The van der Waals surface area contributed by atoms with Crippen LogP contribution in [0.3, 0.4) is 0 Å². The zero-order chi connectivity index (χ0) is 10.2. The second-order valence-electron chi connectivity index (χ2n) is 2.70. The van der Waals surface area contributed by atoms with Gasteiger partial charge in [-0.2, -0.15) is 0 Å². The van der Waals surface area contributed by atoms with Gasteiger partial charge in [-0.05, 0) is 9.85 Å². The maximum Gasteiger partial charge on any atom is 0.415 e. The first-order valence-electron chi connectivity index (χ1n) is 3.40. The first kappa shape index (κ1) is 9.23. The molecule has 8 nitrogen and oxygen atoms in total. The molecule has 1 rings (SSSR count). The SMILES string of the molecule is CN1CN(C)C([N+](=O)[O-])=C1[N+](=O)[O-]. The van der Waals surface area contributed by atoms with Gasteiger partial charge in [-0.3, -0.25) is 0 Å². The van der Waals surface area contributed by atoms with Crippen molar-refractivity contribution >= 4 is 0 Å². The van der Waals surface area contributed by atoms with Gasteiger partial charge >= 0.3 is 11.6 Å². The Balaban J connectivity index is 3.18. The zero-order valence-electron chi connectivity index (χ0n) is 7.13. The highest BCUT2D eigenvalue weighted by Gasteiger charge is 2.43. The molecule has 0 saturated heterocycles. The van der Waals surface area contributed by atoms with E-state index in [9.17, 15) is 20.2 Å². The van der Waals surface area contributed by atoms with Crippen molar-refractivity contribution in [3.05, 3.63) is 31.9 Å². The Bertz CT molecular complexity index is 271. The second kappa shape index (κ2) is 2.88. The summed E-state index contributed by atoms with van der Waals surface area (Å²) in [4.78, 5) is 21.8. The van der Waals surface area contributed by atoms with Gasteiger partial charge < -0.3 is 20.2 Å². The topological polar surface area (TPSA) is 92.8 Å². The van der Waals surface area contributed by atoms with Crippen molar-refractivity contribution < 1.29 is 9.85 Å². The van der Waals surface area contributed by atoms with Gasteiger partial charge in [-0.15, -0.1) is 0 Å². The minimum absolute atomic E-state index is 0.159. The molecule has 0 atom stereocenters. The number of hydrogen-bond acceptors (Lipinski definition) is 6. The Hall–Kier alpha value is -1.86. The normalized spacial score (nSPS) is 16.8. The van der Waals surface area contributed by atoms with Crippen LogP contribution in [0.15, 0.2) is 11.6 Å². The van der Waals surface area contributed by atoms with Crippen molar-refractivity contribution in [2.24, 2.45) is 0 Å². The van der Waals surface area contributed by atoms with E-state index in [0.717, 1.165) is 0 Å². The molecule has 0 radical (unpaired) electrons. The summed E-state index contributed by atoms with van der Waals surface area (Å²) in [5, 5.41) is 20.9. The van der Waals surface area contributed by atoms with Gasteiger partial charge in [-0.1, -0.05) is 0 Å². The number of nitro groups is 2. The summed E-state index contributed by atoms with van der Waals surface area (Å²) in [6.45, 7) is 0.159. The lowest BCUT2D eigenvalue weighted by Crippen LogP contribution is -2.23. The van der Waals surface area contributed by atoms with Crippen LogP contribution in [0.25, 0.3) is 0 Å². The molecule has 1 heterocycles. The molecule has 0 fully saturated rings. The Morgan fingerprint density at radius 1 is 1.08 bits per heavy atom. The lowest BCUT2D eigenvalue weighted by atomic mass is 10.6. The van der Waals surface area contributed by atoms with Crippen LogP contribution in [0, 0.1) is 20.2 Å². The first-order valence-corrected chi connectivity index (χ1v) is 3.40. The highest BCUT2D eigenvalue weighted by molar-refractivity contribution is 5.02. The van der Waals surface area contributed by atoms with Crippen LogP contribution in [0.2, 0.25) is 0 Å². The van der Waals surface area contributed by atoms with E-state index >= 15 is 0 Å². The maximum atomic E-state index is 10.4. The monoisotopic (exact) mass is 188 g/mol. The van der Waals surface area contributed by atoms with E-state index in [1.807, 2.05) is 0 Å². The van der Waals surface area contributed by atoms with Crippen molar-refractivity contribution in [2.75, 3.05) is 20.8 Å². The molecule has 0 saturated carbocycles. The number of hydrogen-bond donors (Lipinski definition) is 0. The summed E-state index contributed by atoms with van der Waals surface area (Å²) < 4.78 is 0.